The summed E-state index contributed by atoms with van der Waals surface area (Å²) >= 11 is 12.5. The van der Waals surface area contributed by atoms with Crippen molar-refractivity contribution >= 4 is 29.0 Å². The summed E-state index contributed by atoms with van der Waals surface area (Å²) in [4.78, 5) is 12.0. The molecule has 0 saturated heterocycles. The van der Waals surface area contributed by atoms with E-state index in [1.807, 2.05) is 12.2 Å². The number of Topliss-reactive ketones (excluding diaryl/α,β-unsaturated/α-hetero) is 1. The monoisotopic (exact) mass is 290 g/mol. The summed E-state index contributed by atoms with van der Waals surface area (Å²) in [6.07, 6.45) is 14.3. The number of hydrogen-bond donors (Lipinski definition) is 0. The zero-order valence-electron chi connectivity index (χ0n) is 10.2. The van der Waals surface area contributed by atoms with Crippen LogP contribution in [0.1, 0.15) is 12.8 Å². The van der Waals surface area contributed by atoms with Gasteiger partial charge in [-0.1, -0.05) is 59.7 Å². The average Bonchev–Trinajstić information content (AvgIpc) is 2.51. The van der Waals surface area contributed by atoms with Crippen LogP contribution in [-0.2, 0) is 4.79 Å². The Bertz CT molecular complexity index is 644. The number of fused-ring (bicyclic) bond motifs is 5. The maximum Gasteiger partial charge on any atom is 0.183 e. The van der Waals surface area contributed by atoms with Crippen LogP contribution in [0.15, 0.2) is 58.7 Å². The van der Waals surface area contributed by atoms with E-state index in [1.54, 1.807) is 0 Å². The minimum Gasteiger partial charge on any atom is -0.296 e. The first kappa shape index (κ1) is 11.7. The average molecular weight is 291 g/mol. The standard InChI is InChI=1S/C16H12Cl2O/c17-16(18)14-12(15(16)19)8-11-6-5-9-3-1-2-4-10(7-9)13(11)14/h1-6,12,14H,7-8H2. The van der Waals surface area contributed by atoms with Gasteiger partial charge in [0.2, 0.25) is 0 Å². The summed E-state index contributed by atoms with van der Waals surface area (Å²) in [6.45, 7) is 0. The van der Waals surface area contributed by atoms with E-state index in [0.717, 1.165) is 12.8 Å². The molecule has 0 heterocycles. The molecule has 2 unspecified atom stereocenters. The van der Waals surface area contributed by atoms with Crippen molar-refractivity contribution in [2.24, 2.45) is 11.8 Å². The lowest BCUT2D eigenvalue weighted by molar-refractivity contribution is -0.133. The number of carbonyl (C=O) groups excluding carboxylic acids is 1. The molecule has 4 aliphatic carbocycles. The molecule has 1 fully saturated rings. The lowest BCUT2D eigenvalue weighted by Crippen LogP contribution is -2.55. The molecule has 0 N–H and O–H groups in total. The summed E-state index contributed by atoms with van der Waals surface area (Å²) in [7, 11) is 0. The van der Waals surface area contributed by atoms with E-state index in [4.69, 9.17) is 23.2 Å². The molecule has 19 heavy (non-hydrogen) atoms. The maximum atomic E-state index is 12.0. The van der Waals surface area contributed by atoms with Gasteiger partial charge in [-0.2, -0.15) is 0 Å². The third kappa shape index (κ3) is 1.46. The number of carbonyl (C=O) groups is 1. The van der Waals surface area contributed by atoms with Gasteiger partial charge in [0.25, 0.3) is 0 Å². The van der Waals surface area contributed by atoms with Crippen molar-refractivity contribution in [1.29, 1.82) is 0 Å². The minimum absolute atomic E-state index is 0.0108. The second kappa shape index (κ2) is 3.74. The highest BCUT2D eigenvalue weighted by atomic mass is 35.5. The molecule has 0 aliphatic heterocycles. The van der Waals surface area contributed by atoms with Crippen LogP contribution >= 0.6 is 23.2 Å². The predicted molar refractivity (Wildman–Crippen MR) is 77.1 cm³/mol. The van der Waals surface area contributed by atoms with E-state index in [-0.39, 0.29) is 17.6 Å². The van der Waals surface area contributed by atoms with Crippen molar-refractivity contribution in [2.75, 3.05) is 0 Å². The van der Waals surface area contributed by atoms with Crippen LogP contribution in [-0.4, -0.2) is 10.1 Å². The third-order valence-corrected chi connectivity index (χ3v) is 5.36. The Balaban J connectivity index is 1.86. The third-order valence-electron chi connectivity index (χ3n) is 4.51. The van der Waals surface area contributed by atoms with Crippen LogP contribution in [0.2, 0.25) is 0 Å². The summed E-state index contributed by atoms with van der Waals surface area (Å²) in [5.41, 5.74) is 4.98. The lowest BCUT2D eigenvalue weighted by Gasteiger charge is -2.43. The van der Waals surface area contributed by atoms with E-state index >= 15 is 0 Å². The van der Waals surface area contributed by atoms with Crippen LogP contribution in [0.5, 0.6) is 0 Å². The molecule has 1 saturated carbocycles. The highest BCUT2D eigenvalue weighted by Crippen LogP contribution is 2.61. The van der Waals surface area contributed by atoms with E-state index in [0.29, 0.717) is 0 Å². The van der Waals surface area contributed by atoms with Gasteiger partial charge >= 0.3 is 0 Å². The molecule has 4 aliphatic rings. The van der Waals surface area contributed by atoms with E-state index < -0.39 is 4.33 Å². The maximum absolute atomic E-state index is 12.0. The smallest absolute Gasteiger partial charge is 0.183 e. The second-order valence-electron chi connectivity index (χ2n) is 5.54. The van der Waals surface area contributed by atoms with Gasteiger partial charge in [0.05, 0.1) is 0 Å². The first-order valence-electron chi connectivity index (χ1n) is 6.49. The first-order chi connectivity index (χ1) is 9.09. The molecule has 96 valence electrons. The van der Waals surface area contributed by atoms with Gasteiger partial charge < -0.3 is 0 Å². The van der Waals surface area contributed by atoms with Crippen molar-refractivity contribution in [1.82, 2.24) is 0 Å². The Hall–Kier alpha value is -1.05. The van der Waals surface area contributed by atoms with Gasteiger partial charge in [-0.15, -0.1) is 0 Å². The van der Waals surface area contributed by atoms with E-state index in [1.165, 1.54) is 22.3 Å². The van der Waals surface area contributed by atoms with Crippen molar-refractivity contribution in [3.8, 4) is 0 Å². The highest BCUT2D eigenvalue weighted by Gasteiger charge is 2.64. The zero-order valence-corrected chi connectivity index (χ0v) is 11.7. The molecular formula is C16H12Cl2O. The molecule has 2 bridgehead atoms. The predicted octanol–water partition coefficient (Wildman–Crippen LogP) is 4.06. The van der Waals surface area contributed by atoms with Crippen LogP contribution in [0.4, 0.5) is 0 Å². The zero-order chi connectivity index (χ0) is 13.2. The van der Waals surface area contributed by atoms with Crippen LogP contribution < -0.4 is 0 Å². The molecule has 0 radical (unpaired) electrons. The Morgan fingerprint density at radius 3 is 2.79 bits per heavy atom. The van der Waals surface area contributed by atoms with Crippen molar-refractivity contribution in [3.05, 3.63) is 58.7 Å². The largest absolute Gasteiger partial charge is 0.296 e. The number of hydrogen-bond acceptors (Lipinski definition) is 1. The van der Waals surface area contributed by atoms with Gasteiger partial charge in [0.1, 0.15) is 0 Å². The Kier molecular flexibility index (Phi) is 2.31. The van der Waals surface area contributed by atoms with Crippen molar-refractivity contribution in [2.45, 2.75) is 17.2 Å². The molecule has 0 aromatic carbocycles. The molecule has 0 aromatic heterocycles. The summed E-state index contributed by atoms with van der Waals surface area (Å²) < 4.78 is -1.22. The van der Waals surface area contributed by atoms with Gasteiger partial charge in [-0.25, -0.2) is 0 Å². The van der Waals surface area contributed by atoms with Crippen molar-refractivity contribution in [3.63, 3.8) is 0 Å². The number of alkyl halides is 2. The fraction of sp³-hybridized carbons (Fsp3) is 0.312. The second-order valence-corrected chi connectivity index (χ2v) is 6.93. The topological polar surface area (TPSA) is 17.1 Å². The van der Waals surface area contributed by atoms with Gasteiger partial charge in [-0.3, -0.25) is 4.79 Å². The van der Waals surface area contributed by atoms with Gasteiger partial charge in [0.15, 0.2) is 10.1 Å². The number of rotatable bonds is 0. The quantitative estimate of drug-likeness (QED) is 0.615. The van der Waals surface area contributed by atoms with E-state index in [9.17, 15) is 4.79 Å². The molecule has 2 atom stereocenters. The SMILES string of the molecule is O=C1C2CC3=C(C4=CC=CC=C(C=C3)C4)C2C1(Cl)Cl. The Morgan fingerprint density at radius 1 is 1.16 bits per heavy atom. The van der Waals surface area contributed by atoms with E-state index in [2.05, 4.69) is 24.3 Å². The lowest BCUT2D eigenvalue weighted by atomic mass is 9.69. The fourth-order valence-corrected chi connectivity index (χ4v) is 4.41. The van der Waals surface area contributed by atoms with Crippen LogP contribution in [0.3, 0.4) is 0 Å². The summed E-state index contributed by atoms with van der Waals surface area (Å²) in [5.74, 6) is -0.0498. The molecule has 1 nitrogen and oxygen atoms in total. The molecule has 4 rings (SSSR count). The number of allylic oxidation sites excluding steroid dienone is 10. The minimum atomic E-state index is -1.22. The molecule has 0 amide bonds. The van der Waals surface area contributed by atoms with Crippen LogP contribution in [0.25, 0.3) is 0 Å². The Labute approximate surface area is 122 Å². The molecule has 0 spiro atoms. The first-order valence-corrected chi connectivity index (χ1v) is 7.24. The van der Waals surface area contributed by atoms with Crippen molar-refractivity contribution < 1.29 is 4.79 Å². The molecule has 0 aromatic rings. The van der Waals surface area contributed by atoms with Gasteiger partial charge in [-0.05, 0) is 35.1 Å². The fourth-order valence-electron chi connectivity index (χ4n) is 3.61. The number of ketones is 1. The van der Waals surface area contributed by atoms with Gasteiger partial charge in [0, 0.05) is 11.8 Å². The summed E-state index contributed by atoms with van der Waals surface area (Å²) in [6, 6.07) is 0. The summed E-state index contributed by atoms with van der Waals surface area (Å²) in [5, 5.41) is 0. The normalized spacial score (nSPS) is 33.9. The van der Waals surface area contributed by atoms with Crippen LogP contribution in [0, 0.1) is 11.8 Å². The molecular weight excluding hydrogens is 279 g/mol. The highest BCUT2D eigenvalue weighted by molar-refractivity contribution is 6.61. The number of halogens is 2. The molecule has 3 heteroatoms. The Morgan fingerprint density at radius 2 is 1.95 bits per heavy atom.